The Bertz CT molecular complexity index is 558. The van der Waals surface area contributed by atoms with Crippen LogP contribution in [0.1, 0.15) is 11.1 Å². The molecule has 0 aliphatic carbocycles. The highest BCUT2D eigenvalue weighted by Crippen LogP contribution is 2.33. The van der Waals surface area contributed by atoms with Crippen LogP contribution < -0.4 is 0 Å². The van der Waals surface area contributed by atoms with E-state index in [1.165, 1.54) is 22.9 Å². The molecule has 0 aliphatic rings. The van der Waals surface area contributed by atoms with E-state index in [0.29, 0.717) is 10.3 Å². The molecule has 0 unspecified atom stereocenters. The molecule has 0 saturated carbocycles. The van der Waals surface area contributed by atoms with Gasteiger partial charge in [-0.25, -0.2) is 0 Å². The first-order valence-corrected chi connectivity index (χ1v) is 6.57. The van der Waals surface area contributed by atoms with E-state index in [1.54, 1.807) is 6.07 Å². The lowest BCUT2D eigenvalue weighted by molar-refractivity contribution is 0.998. The summed E-state index contributed by atoms with van der Waals surface area (Å²) in [6.45, 7) is 4.17. The lowest BCUT2D eigenvalue weighted by Gasteiger charge is -2.06. The Morgan fingerprint density at radius 3 is 2.47 bits per heavy atom. The van der Waals surface area contributed by atoms with Crippen molar-refractivity contribution in [2.24, 2.45) is 0 Å². The van der Waals surface area contributed by atoms with Crippen molar-refractivity contribution < 1.29 is 0 Å². The summed E-state index contributed by atoms with van der Waals surface area (Å²) in [5.41, 5.74) is 2.52. The molecule has 0 bridgehead atoms. The van der Waals surface area contributed by atoms with E-state index >= 15 is 0 Å². The molecule has 0 atom stereocenters. The molecule has 2 nitrogen and oxygen atoms in total. The predicted octanol–water partition coefficient (Wildman–Crippen LogP) is 4.55. The van der Waals surface area contributed by atoms with E-state index < -0.39 is 0 Å². The van der Waals surface area contributed by atoms with Crippen molar-refractivity contribution in [2.45, 2.75) is 23.6 Å². The molecule has 0 radical (unpaired) electrons. The monoisotopic (exact) mass is 284 g/mol. The molecule has 0 amide bonds. The van der Waals surface area contributed by atoms with Crippen molar-refractivity contribution >= 4 is 35.0 Å². The Hall–Kier alpha value is -0.770. The zero-order valence-electron chi connectivity index (χ0n) is 9.37. The summed E-state index contributed by atoms with van der Waals surface area (Å²) >= 11 is 13.3. The molecule has 1 heterocycles. The number of aryl methyl sites for hydroxylation is 2. The summed E-state index contributed by atoms with van der Waals surface area (Å²) in [5, 5.41) is 8.18. The molecule has 1 aromatic heterocycles. The normalized spacial score (nSPS) is 10.6. The van der Waals surface area contributed by atoms with Crippen molar-refractivity contribution in [3.63, 3.8) is 0 Å². The minimum Gasteiger partial charge on any atom is -0.137 e. The van der Waals surface area contributed by atoms with Gasteiger partial charge in [-0.2, -0.15) is 0 Å². The summed E-state index contributed by atoms with van der Waals surface area (Å²) in [7, 11) is 0. The smallest absolute Gasteiger partial charge is 0.137 e. The summed E-state index contributed by atoms with van der Waals surface area (Å²) in [6.07, 6.45) is 0. The molecule has 5 heteroatoms. The van der Waals surface area contributed by atoms with E-state index in [4.69, 9.17) is 23.2 Å². The topological polar surface area (TPSA) is 25.8 Å². The Morgan fingerprint density at radius 1 is 1.00 bits per heavy atom. The molecule has 0 N–H and O–H groups in total. The highest BCUT2D eigenvalue weighted by atomic mass is 35.5. The summed E-state index contributed by atoms with van der Waals surface area (Å²) in [5.74, 6) is 0. The van der Waals surface area contributed by atoms with Crippen LogP contribution >= 0.6 is 35.0 Å². The Kier molecular flexibility index (Phi) is 3.92. The predicted molar refractivity (Wildman–Crippen MR) is 72.1 cm³/mol. The first-order valence-electron chi connectivity index (χ1n) is 5.00. The maximum Gasteiger partial charge on any atom is 0.165 e. The van der Waals surface area contributed by atoms with Crippen LogP contribution in [0, 0.1) is 13.8 Å². The van der Waals surface area contributed by atoms with Crippen LogP contribution in [0.5, 0.6) is 0 Å². The minimum absolute atomic E-state index is 0.348. The molecule has 0 fully saturated rings. The molecular formula is C12H10Cl2N2S. The second kappa shape index (κ2) is 5.25. The Labute approximate surface area is 114 Å². The third-order valence-corrected chi connectivity index (χ3v) is 3.99. The lowest BCUT2D eigenvalue weighted by Crippen LogP contribution is -1.87. The Morgan fingerprint density at radius 2 is 1.76 bits per heavy atom. The van der Waals surface area contributed by atoms with E-state index in [9.17, 15) is 0 Å². The molecule has 88 valence electrons. The van der Waals surface area contributed by atoms with Crippen molar-refractivity contribution in [2.75, 3.05) is 0 Å². The number of hydrogen-bond donors (Lipinski definition) is 0. The number of hydrogen-bond acceptors (Lipinski definition) is 3. The quantitative estimate of drug-likeness (QED) is 0.809. The van der Waals surface area contributed by atoms with Gasteiger partial charge < -0.3 is 0 Å². The summed E-state index contributed by atoms with van der Waals surface area (Å²) in [6, 6.07) is 7.97. The summed E-state index contributed by atoms with van der Waals surface area (Å²) in [4.78, 5) is 1.92. The van der Waals surface area contributed by atoms with Gasteiger partial charge in [0.05, 0.1) is 4.90 Å². The zero-order valence-corrected chi connectivity index (χ0v) is 11.7. The zero-order chi connectivity index (χ0) is 12.4. The largest absolute Gasteiger partial charge is 0.165 e. The fourth-order valence-corrected chi connectivity index (χ4v) is 2.65. The SMILES string of the molecule is Cc1ccc(Sc2cc(Cl)nnc2Cl)cc1C. The fourth-order valence-electron chi connectivity index (χ4n) is 1.31. The fraction of sp³-hybridized carbons (Fsp3) is 0.167. The van der Waals surface area contributed by atoms with Crippen LogP contribution in [0.2, 0.25) is 10.3 Å². The van der Waals surface area contributed by atoms with Gasteiger partial charge in [0, 0.05) is 4.90 Å². The first-order chi connectivity index (χ1) is 8.06. The molecule has 1 aromatic carbocycles. The average Bonchev–Trinajstić information content (AvgIpc) is 2.29. The maximum atomic E-state index is 5.96. The molecule has 17 heavy (non-hydrogen) atoms. The highest BCUT2D eigenvalue weighted by molar-refractivity contribution is 7.99. The van der Waals surface area contributed by atoms with E-state index in [0.717, 1.165) is 9.79 Å². The van der Waals surface area contributed by atoms with Crippen LogP contribution in [0.3, 0.4) is 0 Å². The average molecular weight is 285 g/mol. The maximum absolute atomic E-state index is 5.96. The number of halogens is 2. The summed E-state index contributed by atoms with van der Waals surface area (Å²) < 4.78 is 0. The number of benzene rings is 1. The van der Waals surface area contributed by atoms with Crippen molar-refractivity contribution in [3.05, 3.63) is 45.7 Å². The van der Waals surface area contributed by atoms with Crippen LogP contribution in [-0.2, 0) is 0 Å². The standard InChI is InChI=1S/C12H10Cl2N2S/c1-7-3-4-9(5-8(7)2)17-10-6-11(13)15-16-12(10)14/h3-6H,1-2H3. The molecule has 0 saturated heterocycles. The first kappa shape index (κ1) is 12.7. The third-order valence-electron chi connectivity index (χ3n) is 2.39. The van der Waals surface area contributed by atoms with Crippen LogP contribution in [0.4, 0.5) is 0 Å². The van der Waals surface area contributed by atoms with Crippen molar-refractivity contribution in [3.8, 4) is 0 Å². The number of nitrogens with zero attached hydrogens (tertiary/aromatic N) is 2. The van der Waals surface area contributed by atoms with Crippen LogP contribution in [0.25, 0.3) is 0 Å². The number of aromatic nitrogens is 2. The van der Waals surface area contributed by atoms with Crippen LogP contribution in [0.15, 0.2) is 34.1 Å². The number of rotatable bonds is 2. The van der Waals surface area contributed by atoms with Gasteiger partial charge in [-0.15, -0.1) is 10.2 Å². The third kappa shape index (κ3) is 3.12. The molecule has 2 rings (SSSR count). The molecule has 2 aromatic rings. The van der Waals surface area contributed by atoms with Gasteiger partial charge in [0.15, 0.2) is 10.3 Å². The van der Waals surface area contributed by atoms with Gasteiger partial charge >= 0.3 is 0 Å². The van der Waals surface area contributed by atoms with E-state index in [2.05, 4.69) is 42.2 Å². The Balaban J connectivity index is 2.31. The second-order valence-electron chi connectivity index (χ2n) is 3.67. The van der Waals surface area contributed by atoms with E-state index in [-0.39, 0.29) is 0 Å². The molecular weight excluding hydrogens is 275 g/mol. The van der Waals surface area contributed by atoms with Gasteiger partial charge in [-0.1, -0.05) is 41.0 Å². The molecule has 0 spiro atoms. The van der Waals surface area contributed by atoms with Gasteiger partial charge in [-0.3, -0.25) is 0 Å². The minimum atomic E-state index is 0.348. The molecule has 0 aliphatic heterocycles. The van der Waals surface area contributed by atoms with Gasteiger partial charge in [0.1, 0.15) is 0 Å². The van der Waals surface area contributed by atoms with Gasteiger partial charge in [0.2, 0.25) is 0 Å². The second-order valence-corrected chi connectivity index (χ2v) is 5.53. The highest BCUT2D eigenvalue weighted by Gasteiger charge is 2.06. The lowest BCUT2D eigenvalue weighted by atomic mass is 10.1. The van der Waals surface area contributed by atoms with E-state index in [1.807, 2.05) is 0 Å². The van der Waals surface area contributed by atoms with Gasteiger partial charge in [0.25, 0.3) is 0 Å². The van der Waals surface area contributed by atoms with Crippen LogP contribution in [-0.4, -0.2) is 10.2 Å². The van der Waals surface area contributed by atoms with Crippen molar-refractivity contribution in [1.82, 2.24) is 10.2 Å². The van der Waals surface area contributed by atoms with Crippen molar-refractivity contribution in [1.29, 1.82) is 0 Å². The van der Waals surface area contributed by atoms with Gasteiger partial charge in [-0.05, 0) is 43.2 Å².